The molecule has 6 nitrogen and oxygen atoms in total. The van der Waals surface area contributed by atoms with Crippen LogP contribution in [0.25, 0.3) is 0 Å². The second-order valence-corrected chi connectivity index (χ2v) is 7.55. The fraction of sp³-hybridized carbons (Fsp3) is 0.571. The van der Waals surface area contributed by atoms with Crippen molar-refractivity contribution < 1.29 is 4.79 Å². The van der Waals surface area contributed by atoms with E-state index in [9.17, 15) is 4.79 Å². The highest BCUT2D eigenvalue weighted by molar-refractivity contribution is 8.00. The maximum absolute atomic E-state index is 12.2. The summed E-state index contributed by atoms with van der Waals surface area (Å²) in [5, 5.41) is 14.3. The number of amides is 1. The van der Waals surface area contributed by atoms with Gasteiger partial charge in [0.15, 0.2) is 10.3 Å². The fourth-order valence-corrected chi connectivity index (χ4v) is 3.33. The summed E-state index contributed by atoms with van der Waals surface area (Å²) in [6.45, 7) is 9.11. The monoisotopic (exact) mass is 339 g/mol. The number of aromatic nitrogens is 4. The summed E-state index contributed by atoms with van der Waals surface area (Å²) < 4.78 is 2.11. The van der Waals surface area contributed by atoms with E-state index in [4.69, 9.17) is 0 Å². The van der Waals surface area contributed by atoms with Crippen LogP contribution in [0.15, 0.2) is 16.7 Å². The topological polar surface area (TPSA) is 72.7 Å². The molecule has 2 aromatic heterocycles. The molecular weight excluding hydrogens is 318 g/mol. The minimum atomic E-state index is -0.260. The van der Waals surface area contributed by atoms with Crippen molar-refractivity contribution in [2.75, 3.05) is 5.32 Å². The number of carbonyl (C=O) groups is 1. The summed E-state index contributed by atoms with van der Waals surface area (Å²) in [5.41, 5.74) is 0. The van der Waals surface area contributed by atoms with Crippen molar-refractivity contribution in [2.24, 2.45) is 5.92 Å². The Kier molecular flexibility index (Phi) is 5.96. The number of thioether (sulfide) groups is 1. The number of rotatable bonds is 7. The third kappa shape index (κ3) is 4.30. The average molecular weight is 339 g/mol. The third-order valence-electron chi connectivity index (χ3n) is 2.97. The highest BCUT2D eigenvalue weighted by Gasteiger charge is 2.20. The average Bonchev–Trinajstić information content (AvgIpc) is 3.09. The van der Waals surface area contributed by atoms with Crippen molar-refractivity contribution >= 4 is 34.1 Å². The van der Waals surface area contributed by atoms with Gasteiger partial charge in [0.2, 0.25) is 5.91 Å². The maximum atomic E-state index is 12.2. The minimum Gasteiger partial charge on any atom is -0.306 e. The van der Waals surface area contributed by atoms with Gasteiger partial charge in [0.05, 0.1) is 5.25 Å². The first kappa shape index (κ1) is 17.0. The fourth-order valence-electron chi connectivity index (χ4n) is 1.92. The van der Waals surface area contributed by atoms with Crippen molar-refractivity contribution in [3.63, 3.8) is 0 Å². The van der Waals surface area contributed by atoms with E-state index >= 15 is 0 Å². The molecule has 2 heterocycles. The number of carbonyl (C=O) groups excluding carboxylic acids is 1. The molecule has 1 N–H and O–H groups in total. The van der Waals surface area contributed by atoms with Gasteiger partial charge in [-0.3, -0.25) is 4.79 Å². The van der Waals surface area contributed by atoms with Crippen LogP contribution < -0.4 is 5.32 Å². The number of nitrogens with zero attached hydrogens (tertiary/aromatic N) is 4. The molecular formula is C14H21N5OS2. The van der Waals surface area contributed by atoms with Gasteiger partial charge in [-0.15, -0.1) is 21.5 Å². The second kappa shape index (κ2) is 7.73. The lowest BCUT2D eigenvalue weighted by atomic mass is 10.2. The molecule has 0 aliphatic rings. The number of anilines is 1. The minimum absolute atomic E-state index is 0.0721. The Morgan fingerprint density at radius 1 is 1.41 bits per heavy atom. The van der Waals surface area contributed by atoms with Gasteiger partial charge in [-0.1, -0.05) is 32.5 Å². The first-order valence-corrected chi connectivity index (χ1v) is 9.06. The normalized spacial score (nSPS) is 12.6. The Labute approximate surface area is 138 Å². The molecule has 0 spiro atoms. The van der Waals surface area contributed by atoms with E-state index in [1.807, 2.05) is 12.3 Å². The van der Waals surface area contributed by atoms with Crippen LogP contribution in [0.2, 0.25) is 0 Å². The second-order valence-electron chi connectivity index (χ2n) is 5.34. The van der Waals surface area contributed by atoms with Crippen molar-refractivity contribution in [1.29, 1.82) is 0 Å². The highest BCUT2D eigenvalue weighted by atomic mass is 32.2. The number of hydrogen-bond donors (Lipinski definition) is 1. The van der Waals surface area contributed by atoms with Crippen LogP contribution in [0.5, 0.6) is 0 Å². The molecule has 22 heavy (non-hydrogen) atoms. The Morgan fingerprint density at radius 3 is 2.77 bits per heavy atom. The van der Waals surface area contributed by atoms with E-state index in [2.05, 4.69) is 45.8 Å². The molecule has 8 heteroatoms. The summed E-state index contributed by atoms with van der Waals surface area (Å²) in [6.07, 6.45) is 2.50. The number of hydrogen-bond acceptors (Lipinski definition) is 6. The van der Waals surface area contributed by atoms with Gasteiger partial charge in [-0.25, -0.2) is 4.98 Å². The molecule has 2 rings (SSSR count). The molecule has 0 saturated carbocycles. The molecule has 2 aromatic rings. The van der Waals surface area contributed by atoms with E-state index in [0.717, 1.165) is 23.9 Å². The van der Waals surface area contributed by atoms with Crippen molar-refractivity contribution in [3.8, 4) is 0 Å². The molecule has 1 atom stereocenters. The van der Waals surface area contributed by atoms with Gasteiger partial charge in [-0.2, -0.15) is 0 Å². The van der Waals surface area contributed by atoms with Gasteiger partial charge in [-0.05, 0) is 12.8 Å². The number of aryl methyl sites for hydroxylation is 1. The van der Waals surface area contributed by atoms with Crippen LogP contribution in [0, 0.1) is 5.92 Å². The van der Waals surface area contributed by atoms with Gasteiger partial charge in [0.25, 0.3) is 0 Å². The zero-order valence-electron chi connectivity index (χ0n) is 13.2. The van der Waals surface area contributed by atoms with Crippen LogP contribution in [-0.4, -0.2) is 30.9 Å². The Morgan fingerprint density at radius 2 is 2.18 bits per heavy atom. The molecule has 0 aliphatic carbocycles. The number of thiazole rings is 1. The largest absolute Gasteiger partial charge is 0.306 e. The molecule has 0 saturated heterocycles. The third-order valence-corrected chi connectivity index (χ3v) is 4.74. The van der Waals surface area contributed by atoms with Crippen LogP contribution in [-0.2, 0) is 17.8 Å². The highest BCUT2D eigenvalue weighted by Crippen LogP contribution is 2.24. The number of nitrogens with one attached hydrogen (secondary N) is 1. The van der Waals surface area contributed by atoms with E-state index < -0.39 is 0 Å². The summed E-state index contributed by atoms with van der Waals surface area (Å²) in [7, 11) is 0. The van der Waals surface area contributed by atoms with Crippen LogP contribution in [0.1, 0.15) is 33.5 Å². The predicted molar refractivity (Wildman–Crippen MR) is 90.3 cm³/mol. The molecule has 0 aliphatic heterocycles. The van der Waals surface area contributed by atoms with E-state index in [1.165, 1.54) is 23.1 Å². The van der Waals surface area contributed by atoms with E-state index in [1.54, 1.807) is 6.20 Å². The molecule has 120 valence electrons. The van der Waals surface area contributed by atoms with Gasteiger partial charge in [0.1, 0.15) is 5.82 Å². The molecule has 0 bridgehead atoms. The predicted octanol–water partition coefficient (Wildman–Crippen LogP) is 3.07. The van der Waals surface area contributed by atoms with Crippen molar-refractivity contribution in [3.05, 3.63) is 17.4 Å². The van der Waals surface area contributed by atoms with Gasteiger partial charge < -0.3 is 9.88 Å². The lowest BCUT2D eigenvalue weighted by molar-refractivity contribution is -0.115. The van der Waals surface area contributed by atoms with Crippen molar-refractivity contribution in [2.45, 2.75) is 51.1 Å². The smallest absolute Gasteiger partial charge is 0.239 e. The van der Waals surface area contributed by atoms with Crippen LogP contribution in [0.4, 0.5) is 5.13 Å². The first-order chi connectivity index (χ1) is 10.5. The summed E-state index contributed by atoms with van der Waals surface area (Å²) >= 11 is 2.84. The molecule has 0 radical (unpaired) electrons. The zero-order chi connectivity index (χ0) is 16.1. The summed E-state index contributed by atoms with van der Waals surface area (Å²) in [4.78, 5) is 16.3. The summed E-state index contributed by atoms with van der Waals surface area (Å²) in [6, 6.07) is 0. The zero-order valence-corrected chi connectivity index (χ0v) is 14.9. The van der Waals surface area contributed by atoms with Gasteiger partial charge in [0, 0.05) is 24.5 Å². The molecule has 0 fully saturated rings. The Balaban J connectivity index is 2.05. The van der Waals surface area contributed by atoms with Crippen molar-refractivity contribution in [1.82, 2.24) is 19.7 Å². The maximum Gasteiger partial charge on any atom is 0.239 e. The first-order valence-electron chi connectivity index (χ1n) is 7.30. The SMILES string of the molecule is CCc1nnc(S[C@@H](C)C(=O)Nc2nccs2)n1CC(C)C. The van der Waals surface area contributed by atoms with E-state index in [0.29, 0.717) is 11.0 Å². The quantitative estimate of drug-likeness (QED) is 0.785. The Bertz CT molecular complexity index is 609. The van der Waals surface area contributed by atoms with Gasteiger partial charge >= 0.3 is 0 Å². The molecule has 0 unspecified atom stereocenters. The lowest BCUT2D eigenvalue weighted by Crippen LogP contribution is -2.23. The van der Waals surface area contributed by atoms with E-state index in [-0.39, 0.29) is 11.2 Å². The summed E-state index contributed by atoms with van der Waals surface area (Å²) in [5.74, 6) is 1.39. The van der Waals surface area contributed by atoms with Crippen LogP contribution >= 0.6 is 23.1 Å². The lowest BCUT2D eigenvalue weighted by Gasteiger charge is -2.14. The molecule has 0 aromatic carbocycles. The standard InChI is InChI=1S/C14H21N5OS2/c1-5-11-17-18-14(19(11)8-9(2)3)22-10(4)12(20)16-13-15-6-7-21-13/h6-7,9-10H,5,8H2,1-4H3,(H,15,16,20)/t10-/m0/s1. The van der Waals surface area contributed by atoms with Crippen LogP contribution in [0.3, 0.4) is 0 Å². The Hall–Kier alpha value is -1.41. The molecule has 1 amide bonds.